The summed E-state index contributed by atoms with van der Waals surface area (Å²) in [6, 6.07) is 8.07. The Kier molecular flexibility index (Phi) is 4.60. The molecule has 2 rings (SSSR count). The van der Waals surface area contributed by atoms with E-state index in [1.807, 2.05) is 12.1 Å². The van der Waals surface area contributed by atoms with Crippen LogP contribution in [0, 0.1) is 0 Å². The highest BCUT2D eigenvalue weighted by Gasteiger charge is 2.01. The van der Waals surface area contributed by atoms with Crippen molar-refractivity contribution in [3.63, 3.8) is 0 Å². The summed E-state index contributed by atoms with van der Waals surface area (Å²) in [5.74, 6) is 0.258. The van der Waals surface area contributed by atoms with Crippen LogP contribution in [0.3, 0.4) is 0 Å². The van der Waals surface area contributed by atoms with Gasteiger partial charge in [-0.3, -0.25) is 4.79 Å². The maximum atomic E-state index is 11.5. The number of nitrogens with one attached hydrogen (secondary N) is 1. The largest absolute Gasteiger partial charge is 0.271 e. The van der Waals surface area contributed by atoms with Gasteiger partial charge in [0, 0.05) is 0 Å². The summed E-state index contributed by atoms with van der Waals surface area (Å²) >= 11 is 0. The van der Waals surface area contributed by atoms with E-state index < -0.39 is 0 Å². The highest BCUT2D eigenvalue weighted by atomic mass is 16.2. The molecule has 20 heavy (non-hydrogen) atoms. The molecule has 0 atom stereocenters. The van der Waals surface area contributed by atoms with Crippen LogP contribution in [0.5, 0.6) is 0 Å². The molecule has 104 valence electrons. The monoisotopic (exact) mass is 271 g/mol. The van der Waals surface area contributed by atoms with Crippen molar-refractivity contribution in [3.8, 4) is 0 Å². The molecule has 0 saturated heterocycles. The van der Waals surface area contributed by atoms with Gasteiger partial charge in [-0.1, -0.05) is 38.1 Å². The number of aromatic nitrogens is 3. The summed E-state index contributed by atoms with van der Waals surface area (Å²) in [5.41, 5.74) is 4.66. The molecule has 1 N–H and O–H groups in total. The molecule has 2 aromatic rings. The molecular weight excluding hydrogens is 254 g/mol. The third-order valence-corrected chi connectivity index (χ3v) is 2.78. The van der Waals surface area contributed by atoms with Gasteiger partial charge in [0.15, 0.2) is 0 Å². The summed E-state index contributed by atoms with van der Waals surface area (Å²) in [7, 11) is 0. The van der Waals surface area contributed by atoms with Gasteiger partial charge in [-0.25, -0.2) is 15.1 Å². The number of hydrogen-bond donors (Lipinski definition) is 1. The topological polar surface area (TPSA) is 72.2 Å². The molecule has 1 aromatic heterocycles. The van der Waals surface area contributed by atoms with Gasteiger partial charge in [-0.2, -0.15) is 10.2 Å². The number of amides is 1. The molecule has 0 fully saturated rings. The first-order chi connectivity index (χ1) is 9.65. The van der Waals surface area contributed by atoms with E-state index >= 15 is 0 Å². The second-order valence-corrected chi connectivity index (χ2v) is 4.71. The Morgan fingerprint density at radius 2 is 2.15 bits per heavy atom. The van der Waals surface area contributed by atoms with Crippen LogP contribution in [0.25, 0.3) is 0 Å². The maximum absolute atomic E-state index is 11.5. The second kappa shape index (κ2) is 6.60. The number of hydrogen-bond acceptors (Lipinski definition) is 4. The minimum absolute atomic E-state index is 0.101. The fourth-order valence-electron chi connectivity index (χ4n) is 1.64. The fraction of sp³-hybridized carbons (Fsp3) is 0.286. The van der Waals surface area contributed by atoms with Crippen LogP contribution in [-0.4, -0.2) is 26.9 Å². The van der Waals surface area contributed by atoms with Gasteiger partial charge in [-0.05, 0) is 17.0 Å². The zero-order valence-corrected chi connectivity index (χ0v) is 11.5. The predicted molar refractivity (Wildman–Crippen MR) is 76.3 cm³/mol. The van der Waals surface area contributed by atoms with Gasteiger partial charge in [-0.15, -0.1) is 0 Å². The van der Waals surface area contributed by atoms with Crippen LogP contribution in [0.1, 0.15) is 30.9 Å². The van der Waals surface area contributed by atoms with Crippen molar-refractivity contribution >= 4 is 12.1 Å². The highest BCUT2D eigenvalue weighted by Crippen LogP contribution is 2.13. The minimum Gasteiger partial charge on any atom is -0.271 e. The molecule has 6 nitrogen and oxygen atoms in total. The van der Waals surface area contributed by atoms with Crippen molar-refractivity contribution in [3.05, 3.63) is 48.0 Å². The lowest BCUT2D eigenvalue weighted by Gasteiger charge is -2.04. The number of benzene rings is 1. The Hall–Kier alpha value is -2.50. The molecule has 1 heterocycles. The van der Waals surface area contributed by atoms with E-state index in [-0.39, 0.29) is 12.5 Å². The average molecular weight is 271 g/mol. The quantitative estimate of drug-likeness (QED) is 0.662. The molecule has 0 aliphatic carbocycles. The zero-order valence-electron chi connectivity index (χ0n) is 11.5. The lowest BCUT2D eigenvalue weighted by molar-refractivity contribution is -0.121. The van der Waals surface area contributed by atoms with Crippen molar-refractivity contribution in [1.82, 2.24) is 20.2 Å². The Bertz CT molecular complexity index is 572. The molecule has 0 bridgehead atoms. The number of carbonyl (C=O) groups is 1. The van der Waals surface area contributed by atoms with Gasteiger partial charge in [0.2, 0.25) is 0 Å². The molecular formula is C14H17N5O. The van der Waals surface area contributed by atoms with E-state index in [9.17, 15) is 4.79 Å². The van der Waals surface area contributed by atoms with Gasteiger partial charge in [0.1, 0.15) is 19.2 Å². The van der Waals surface area contributed by atoms with Crippen molar-refractivity contribution in [2.24, 2.45) is 5.10 Å². The molecule has 0 radical (unpaired) electrons. The number of nitrogens with zero attached hydrogens (tertiary/aromatic N) is 4. The van der Waals surface area contributed by atoms with Crippen LogP contribution < -0.4 is 5.43 Å². The third kappa shape index (κ3) is 4.01. The first kappa shape index (κ1) is 13.9. The van der Waals surface area contributed by atoms with E-state index in [4.69, 9.17) is 0 Å². The summed E-state index contributed by atoms with van der Waals surface area (Å²) < 4.78 is 1.43. The predicted octanol–water partition coefficient (Wildman–Crippen LogP) is 1.55. The van der Waals surface area contributed by atoms with Gasteiger partial charge < -0.3 is 0 Å². The number of rotatable bonds is 5. The van der Waals surface area contributed by atoms with Crippen molar-refractivity contribution in [2.45, 2.75) is 26.3 Å². The Morgan fingerprint density at radius 1 is 1.40 bits per heavy atom. The van der Waals surface area contributed by atoms with Gasteiger partial charge >= 0.3 is 0 Å². The fourth-order valence-corrected chi connectivity index (χ4v) is 1.64. The van der Waals surface area contributed by atoms with Gasteiger partial charge in [0.05, 0.1) is 6.21 Å². The van der Waals surface area contributed by atoms with Crippen molar-refractivity contribution in [2.75, 3.05) is 0 Å². The van der Waals surface area contributed by atoms with Crippen molar-refractivity contribution < 1.29 is 4.79 Å². The Balaban J connectivity index is 1.85. The normalized spacial score (nSPS) is 11.2. The molecule has 0 spiro atoms. The zero-order chi connectivity index (χ0) is 14.4. The van der Waals surface area contributed by atoms with Crippen LogP contribution in [0.2, 0.25) is 0 Å². The van der Waals surface area contributed by atoms with E-state index in [0.29, 0.717) is 5.92 Å². The van der Waals surface area contributed by atoms with Gasteiger partial charge in [0.25, 0.3) is 5.91 Å². The van der Waals surface area contributed by atoms with Crippen molar-refractivity contribution in [1.29, 1.82) is 0 Å². The summed E-state index contributed by atoms with van der Waals surface area (Å²) in [6.45, 7) is 4.39. The van der Waals surface area contributed by atoms with Crippen LogP contribution >= 0.6 is 0 Å². The summed E-state index contributed by atoms with van der Waals surface area (Å²) in [6.07, 6.45) is 4.48. The smallest absolute Gasteiger partial charge is 0.261 e. The Morgan fingerprint density at radius 3 is 2.75 bits per heavy atom. The van der Waals surface area contributed by atoms with Crippen LogP contribution in [-0.2, 0) is 11.3 Å². The molecule has 1 aromatic carbocycles. The molecule has 1 amide bonds. The lowest BCUT2D eigenvalue weighted by Crippen LogP contribution is -2.23. The molecule has 0 unspecified atom stereocenters. The highest BCUT2D eigenvalue weighted by molar-refractivity contribution is 5.82. The maximum Gasteiger partial charge on any atom is 0.261 e. The molecule has 0 aliphatic rings. The van der Waals surface area contributed by atoms with E-state index in [1.54, 1.807) is 6.21 Å². The first-order valence-corrected chi connectivity index (χ1v) is 6.39. The first-order valence-electron chi connectivity index (χ1n) is 6.39. The molecule has 6 heteroatoms. The average Bonchev–Trinajstić information content (AvgIpc) is 2.92. The van der Waals surface area contributed by atoms with E-state index in [2.05, 4.69) is 46.6 Å². The van der Waals surface area contributed by atoms with Crippen LogP contribution in [0.15, 0.2) is 42.0 Å². The standard InChI is InChI=1S/C14H17N5O/c1-11(2)13-5-3-12(4-6-13)7-16-18-14(20)8-19-10-15-9-17-19/h3-7,9-11H,8H2,1-2H3,(H,18,20)/b16-7-. The number of hydrazone groups is 1. The van der Waals surface area contributed by atoms with E-state index in [0.717, 1.165) is 5.56 Å². The second-order valence-electron chi connectivity index (χ2n) is 4.71. The Labute approximate surface area is 117 Å². The lowest BCUT2D eigenvalue weighted by atomic mass is 10.0. The summed E-state index contributed by atoms with van der Waals surface area (Å²) in [4.78, 5) is 15.3. The number of carbonyl (C=O) groups excluding carboxylic acids is 1. The molecule has 0 aliphatic heterocycles. The SMILES string of the molecule is CC(C)c1ccc(/C=N\NC(=O)Cn2cncn2)cc1. The summed E-state index contributed by atoms with van der Waals surface area (Å²) in [5, 5.41) is 7.75. The third-order valence-electron chi connectivity index (χ3n) is 2.78. The van der Waals surface area contributed by atoms with Crippen LogP contribution in [0.4, 0.5) is 0 Å². The van der Waals surface area contributed by atoms with E-state index in [1.165, 1.54) is 22.9 Å². The molecule has 0 saturated carbocycles. The minimum atomic E-state index is -0.245.